The summed E-state index contributed by atoms with van der Waals surface area (Å²) in [5.41, 5.74) is 2.32. The Kier molecular flexibility index (Phi) is 5.60. The van der Waals surface area contributed by atoms with Crippen LogP contribution in [0.15, 0.2) is 35.3 Å². The molecule has 5 nitrogen and oxygen atoms in total. The smallest absolute Gasteiger partial charge is 0.275 e. The quantitative estimate of drug-likeness (QED) is 0.588. The lowest BCUT2D eigenvalue weighted by molar-refractivity contribution is 0.0891. The summed E-state index contributed by atoms with van der Waals surface area (Å²) in [7, 11) is 1.95. The molecule has 2 heterocycles. The normalized spacial score (nSPS) is 24.8. The van der Waals surface area contributed by atoms with E-state index < -0.39 is 0 Å². The van der Waals surface area contributed by atoms with E-state index in [2.05, 4.69) is 19.2 Å². The molecule has 0 spiro atoms. The van der Waals surface area contributed by atoms with Crippen LogP contribution in [0.4, 0.5) is 0 Å². The van der Waals surface area contributed by atoms with Crippen LogP contribution in [0.25, 0.3) is 21.8 Å². The van der Waals surface area contributed by atoms with Crippen LogP contribution in [-0.4, -0.2) is 21.1 Å². The number of nitrogens with zero attached hydrogens (tertiary/aromatic N) is 2. The molecular weight excluding hydrogens is 398 g/mol. The lowest BCUT2D eigenvalue weighted by atomic mass is 9.78. The standard InChI is InChI=1S/C27H35N3O2/c1-17-10-9-14-22(18(17)2)28-26(31)21-16-30(19-11-5-4-6-12-19)27(32)25-24(21)20-13-7-8-15-23(20)29(25)3/h7-8,13,15-19,22H,4-6,9-12,14H2,1-3H3,(H,28,31)/t17-,18-,22+/m1/s1. The number of hydrogen-bond acceptors (Lipinski definition) is 2. The number of nitrogens with one attached hydrogen (secondary N) is 1. The number of pyridine rings is 1. The molecule has 0 bridgehead atoms. The van der Waals surface area contributed by atoms with Gasteiger partial charge in [0, 0.05) is 41.6 Å². The van der Waals surface area contributed by atoms with E-state index >= 15 is 0 Å². The van der Waals surface area contributed by atoms with E-state index in [1.54, 1.807) is 0 Å². The molecule has 5 rings (SSSR count). The molecule has 5 heteroatoms. The Bertz CT molecular complexity index is 1220. The van der Waals surface area contributed by atoms with Crippen LogP contribution in [0.5, 0.6) is 0 Å². The second-order valence-electron chi connectivity index (χ2n) is 10.2. The maximum Gasteiger partial charge on any atom is 0.275 e. The van der Waals surface area contributed by atoms with Crippen molar-refractivity contribution in [3.8, 4) is 0 Å². The number of aromatic nitrogens is 2. The van der Waals surface area contributed by atoms with E-state index in [1.807, 2.05) is 46.6 Å². The lowest BCUT2D eigenvalue weighted by Gasteiger charge is -2.34. The third-order valence-electron chi connectivity index (χ3n) is 8.32. The average Bonchev–Trinajstić information content (AvgIpc) is 3.11. The van der Waals surface area contributed by atoms with Crippen molar-refractivity contribution >= 4 is 27.7 Å². The number of rotatable bonds is 3. The molecule has 2 saturated carbocycles. The van der Waals surface area contributed by atoms with Crippen molar-refractivity contribution < 1.29 is 4.79 Å². The first-order valence-electron chi connectivity index (χ1n) is 12.4. The maximum absolute atomic E-state index is 13.7. The number of benzene rings is 1. The van der Waals surface area contributed by atoms with Gasteiger partial charge in [-0.15, -0.1) is 0 Å². The van der Waals surface area contributed by atoms with Crippen molar-refractivity contribution in [3.05, 3.63) is 46.4 Å². The molecule has 2 aromatic heterocycles. The fraction of sp³-hybridized carbons (Fsp3) is 0.556. The van der Waals surface area contributed by atoms with Crippen molar-refractivity contribution in [1.82, 2.24) is 14.5 Å². The predicted molar refractivity (Wildman–Crippen MR) is 130 cm³/mol. The Labute approximate surface area is 189 Å². The molecule has 0 unspecified atom stereocenters. The molecule has 1 aromatic carbocycles. The van der Waals surface area contributed by atoms with E-state index in [9.17, 15) is 9.59 Å². The molecule has 3 atom stereocenters. The Balaban J connectivity index is 1.67. The van der Waals surface area contributed by atoms with E-state index in [0.717, 1.165) is 54.8 Å². The SMILES string of the molecule is C[C@@H]1[C@H](C)CCC[C@@H]1NC(=O)c1cn(C2CCCCC2)c(=O)c2c1c1ccccc1n2C. The Hall–Kier alpha value is -2.56. The summed E-state index contributed by atoms with van der Waals surface area (Å²) in [6, 6.07) is 8.41. The first-order valence-corrected chi connectivity index (χ1v) is 12.4. The number of amides is 1. The predicted octanol–water partition coefficient (Wildman–Crippen LogP) is 5.55. The summed E-state index contributed by atoms with van der Waals surface area (Å²) in [6.45, 7) is 4.54. The minimum Gasteiger partial charge on any atom is -0.349 e. The minimum absolute atomic E-state index is 0.0295. The van der Waals surface area contributed by atoms with Crippen molar-refractivity contribution in [2.75, 3.05) is 0 Å². The third-order valence-corrected chi connectivity index (χ3v) is 8.32. The Morgan fingerprint density at radius 1 is 1.00 bits per heavy atom. The van der Waals surface area contributed by atoms with Crippen LogP contribution in [0.2, 0.25) is 0 Å². The highest BCUT2D eigenvalue weighted by Gasteiger charge is 2.30. The first kappa shape index (κ1) is 21.3. The van der Waals surface area contributed by atoms with Crippen LogP contribution in [-0.2, 0) is 7.05 Å². The summed E-state index contributed by atoms with van der Waals surface area (Å²) in [5, 5.41) is 5.15. The number of carbonyl (C=O) groups is 1. The zero-order valence-corrected chi connectivity index (χ0v) is 19.6. The number of aryl methyl sites for hydroxylation is 1. The van der Waals surface area contributed by atoms with E-state index in [-0.39, 0.29) is 23.6 Å². The van der Waals surface area contributed by atoms with Gasteiger partial charge in [0.05, 0.1) is 5.56 Å². The van der Waals surface area contributed by atoms with Gasteiger partial charge in [-0.1, -0.05) is 64.2 Å². The van der Waals surface area contributed by atoms with Crippen LogP contribution in [0.3, 0.4) is 0 Å². The van der Waals surface area contributed by atoms with Gasteiger partial charge in [-0.05, 0) is 37.2 Å². The van der Waals surface area contributed by atoms with Crippen LogP contribution >= 0.6 is 0 Å². The van der Waals surface area contributed by atoms with Gasteiger partial charge in [-0.2, -0.15) is 0 Å². The van der Waals surface area contributed by atoms with Crippen LogP contribution < -0.4 is 10.9 Å². The van der Waals surface area contributed by atoms with Crippen molar-refractivity contribution in [1.29, 1.82) is 0 Å². The highest BCUT2D eigenvalue weighted by Crippen LogP contribution is 2.33. The Morgan fingerprint density at radius 2 is 1.75 bits per heavy atom. The highest BCUT2D eigenvalue weighted by molar-refractivity contribution is 6.17. The average molecular weight is 434 g/mol. The Morgan fingerprint density at radius 3 is 2.53 bits per heavy atom. The molecule has 0 radical (unpaired) electrons. The van der Waals surface area contributed by atoms with Gasteiger partial charge in [0.2, 0.25) is 0 Å². The van der Waals surface area contributed by atoms with Gasteiger partial charge in [-0.25, -0.2) is 0 Å². The molecular formula is C27H35N3O2. The lowest BCUT2D eigenvalue weighted by Crippen LogP contribution is -2.44. The molecule has 2 aliphatic rings. The summed E-state index contributed by atoms with van der Waals surface area (Å²) in [5.74, 6) is 1.03. The molecule has 1 N–H and O–H groups in total. The molecule has 32 heavy (non-hydrogen) atoms. The summed E-state index contributed by atoms with van der Waals surface area (Å²) < 4.78 is 3.86. The third kappa shape index (κ3) is 3.46. The fourth-order valence-electron chi connectivity index (χ4n) is 6.14. The molecule has 1 amide bonds. The molecule has 0 aliphatic heterocycles. The van der Waals surface area contributed by atoms with E-state index in [0.29, 0.717) is 22.9 Å². The zero-order chi connectivity index (χ0) is 22.4. The van der Waals surface area contributed by atoms with Crippen molar-refractivity contribution in [3.63, 3.8) is 0 Å². The van der Waals surface area contributed by atoms with Crippen molar-refractivity contribution in [2.45, 2.75) is 77.3 Å². The number of fused-ring (bicyclic) bond motifs is 3. The fourth-order valence-corrected chi connectivity index (χ4v) is 6.14. The van der Waals surface area contributed by atoms with E-state index in [1.165, 1.54) is 12.8 Å². The number of carbonyl (C=O) groups excluding carboxylic acids is 1. The largest absolute Gasteiger partial charge is 0.349 e. The number of hydrogen-bond donors (Lipinski definition) is 1. The monoisotopic (exact) mass is 433 g/mol. The molecule has 2 fully saturated rings. The summed E-state index contributed by atoms with van der Waals surface area (Å²) in [6.07, 6.45) is 10.8. The molecule has 170 valence electrons. The number of para-hydroxylation sites is 1. The second-order valence-corrected chi connectivity index (χ2v) is 10.2. The topological polar surface area (TPSA) is 56.0 Å². The van der Waals surface area contributed by atoms with Crippen LogP contribution in [0.1, 0.15) is 81.6 Å². The van der Waals surface area contributed by atoms with Gasteiger partial charge in [0.25, 0.3) is 11.5 Å². The minimum atomic E-state index is -0.0399. The second kappa shape index (κ2) is 8.42. The zero-order valence-electron chi connectivity index (χ0n) is 19.6. The van der Waals surface area contributed by atoms with Crippen LogP contribution in [0, 0.1) is 11.8 Å². The summed E-state index contributed by atoms with van der Waals surface area (Å²) >= 11 is 0. The molecule has 2 aliphatic carbocycles. The van der Waals surface area contributed by atoms with Gasteiger partial charge in [0.15, 0.2) is 0 Å². The van der Waals surface area contributed by atoms with Gasteiger partial charge in [-0.3, -0.25) is 9.59 Å². The highest BCUT2D eigenvalue weighted by atomic mass is 16.2. The molecule has 3 aromatic rings. The first-order chi connectivity index (χ1) is 15.5. The van der Waals surface area contributed by atoms with Crippen molar-refractivity contribution in [2.24, 2.45) is 18.9 Å². The van der Waals surface area contributed by atoms with Gasteiger partial charge >= 0.3 is 0 Å². The molecule has 0 saturated heterocycles. The van der Waals surface area contributed by atoms with Gasteiger partial charge in [0.1, 0.15) is 5.52 Å². The van der Waals surface area contributed by atoms with E-state index in [4.69, 9.17) is 0 Å². The van der Waals surface area contributed by atoms with Gasteiger partial charge < -0.3 is 14.5 Å². The maximum atomic E-state index is 13.7. The summed E-state index contributed by atoms with van der Waals surface area (Å²) in [4.78, 5) is 27.4.